The molecule has 0 aromatic carbocycles. The lowest BCUT2D eigenvalue weighted by Gasteiger charge is -1.90. The van der Waals surface area contributed by atoms with Crippen LogP contribution in [0.1, 0.15) is 0 Å². The van der Waals surface area contributed by atoms with Crippen molar-refractivity contribution in [1.29, 1.82) is 5.26 Å². The molecule has 0 aromatic heterocycles. The average Bonchev–Trinajstić information content (AvgIpc) is 2.17. The lowest BCUT2D eigenvalue weighted by molar-refractivity contribution is -0.114. The predicted octanol–water partition coefficient (Wildman–Crippen LogP) is -1.30. The van der Waals surface area contributed by atoms with Gasteiger partial charge in [-0.15, -0.1) is 0 Å². The second-order valence-electron chi connectivity index (χ2n) is 1.32. The number of hydrogen-bond donors (Lipinski definition) is 2. The number of nitriles is 1. The molecular formula is C4H3N4O. The van der Waals surface area contributed by atoms with Crippen molar-refractivity contribution in [2.45, 2.75) is 0 Å². The van der Waals surface area contributed by atoms with Crippen LogP contribution in [0.15, 0.2) is 4.99 Å². The van der Waals surface area contributed by atoms with Crippen LogP contribution in [-0.2, 0) is 4.79 Å². The Labute approximate surface area is 51.4 Å². The molecule has 5 heteroatoms. The summed E-state index contributed by atoms with van der Waals surface area (Å²) in [5.41, 5.74) is 0. The van der Waals surface area contributed by atoms with E-state index in [9.17, 15) is 4.79 Å². The van der Waals surface area contributed by atoms with E-state index in [2.05, 4.69) is 15.6 Å². The summed E-state index contributed by atoms with van der Waals surface area (Å²) in [5.74, 6) is -0.199. The maximum absolute atomic E-state index is 10.3. The first-order valence-corrected chi connectivity index (χ1v) is 2.20. The number of carbonyl (C=O) groups is 1. The highest BCUT2D eigenvalue weighted by Gasteiger charge is 2.11. The summed E-state index contributed by atoms with van der Waals surface area (Å²) in [5, 5.41) is 12.6. The van der Waals surface area contributed by atoms with Crippen LogP contribution in [0.3, 0.4) is 0 Å². The van der Waals surface area contributed by atoms with E-state index in [0.717, 1.165) is 0 Å². The molecule has 5 nitrogen and oxygen atoms in total. The molecule has 0 saturated heterocycles. The molecule has 9 heavy (non-hydrogen) atoms. The number of hydrogen-bond acceptors (Lipinski definition) is 4. The second-order valence-corrected chi connectivity index (χ2v) is 1.32. The maximum Gasteiger partial charge on any atom is 0.274 e. The van der Waals surface area contributed by atoms with E-state index in [0.29, 0.717) is 0 Å². The molecule has 0 atom stereocenters. The highest BCUT2D eigenvalue weighted by molar-refractivity contribution is 6.04. The van der Waals surface area contributed by atoms with Gasteiger partial charge in [0.15, 0.2) is 6.19 Å². The molecule has 0 aliphatic carbocycles. The van der Waals surface area contributed by atoms with Gasteiger partial charge in [0, 0.05) is 0 Å². The number of nitrogens with zero attached hydrogens (tertiary/aromatic N) is 2. The Kier molecular flexibility index (Phi) is 1.32. The van der Waals surface area contributed by atoms with Gasteiger partial charge in [-0.25, -0.2) is 0 Å². The standard InChI is InChI=1S/C4H3N4O/c5-2-7-4-6-1-3(9)8-4/h1H,(H2,6,7,8,9). The zero-order valence-corrected chi connectivity index (χ0v) is 4.38. The minimum Gasteiger partial charge on any atom is -0.341 e. The molecule has 0 bridgehead atoms. The van der Waals surface area contributed by atoms with Gasteiger partial charge in [0.25, 0.3) is 5.91 Å². The fraction of sp³-hybridized carbons (Fsp3) is 0. The normalized spacial score (nSPS) is 15.9. The number of amides is 1. The van der Waals surface area contributed by atoms with Gasteiger partial charge in [-0.05, 0) is 0 Å². The Bertz CT molecular complexity index is 201. The lowest BCUT2D eigenvalue weighted by Crippen LogP contribution is -2.28. The van der Waals surface area contributed by atoms with Gasteiger partial charge in [0.05, 0.1) is 0 Å². The summed E-state index contributed by atoms with van der Waals surface area (Å²) < 4.78 is 0. The molecular weight excluding hydrogens is 120 g/mol. The number of nitrogens with one attached hydrogen (secondary N) is 2. The third-order valence-electron chi connectivity index (χ3n) is 0.729. The fourth-order valence-electron chi connectivity index (χ4n) is 0.422. The van der Waals surface area contributed by atoms with E-state index in [4.69, 9.17) is 5.26 Å². The Balaban J connectivity index is 2.54. The summed E-state index contributed by atoms with van der Waals surface area (Å²) in [7, 11) is 0. The smallest absolute Gasteiger partial charge is 0.274 e. The second kappa shape index (κ2) is 2.13. The van der Waals surface area contributed by atoms with Crippen LogP contribution in [-0.4, -0.2) is 11.9 Å². The average molecular weight is 123 g/mol. The van der Waals surface area contributed by atoms with Gasteiger partial charge in [0.2, 0.25) is 5.96 Å². The number of aliphatic imine (C=N–C) groups is 1. The van der Waals surface area contributed by atoms with Crippen LogP contribution >= 0.6 is 0 Å². The molecule has 45 valence electrons. The molecule has 0 saturated carbocycles. The van der Waals surface area contributed by atoms with E-state index in [1.807, 2.05) is 0 Å². The molecule has 0 fully saturated rings. The van der Waals surface area contributed by atoms with Crippen molar-refractivity contribution in [3.8, 4) is 6.19 Å². The molecule has 1 aliphatic rings. The van der Waals surface area contributed by atoms with Crippen molar-refractivity contribution in [1.82, 2.24) is 10.6 Å². The predicted molar refractivity (Wildman–Crippen MR) is 28.6 cm³/mol. The molecule has 0 aromatic rings. The molecule has 0 unspecified atom stereocenters. The number of guanidine groups is 1. The van der Waals surface area contributed by atoms with Crippen molar-refractivity contribution >= 4 is 11.9 Å². The van der Waals surface area contributed by atoms with Crippen molar-refractivity contribution in [2.75, 3.05) is 0 Å². The van der Waals surface area contributed by atoms with Crippen molar-refractivity contribution in [3.63, 3.8) is 0 Å². The first-order valence-electron chi connectivity index (χ1n) is 2.20. The van der Waals surface area contributed by atoms with E-state index >= 15 is 0 Å². The van der Waals surface area contributed by atoms with Crippen LogP contribution < -0.4 is 10.6 Å². The van der Waals surface area contributed by atoms with Gasteiger partial charge < -0.3 is 5.32 Å². The summed E-state index contributed by atoms with van der Waals surface area (Å²) in [6.07, 6.45) is 1.61. The van der Waals surface area contributed by atoms with E-state index < -0.39 is 0 Å². The Morgan fingerprint density at radius 1 is 1.89 bits per heavy atom. The minimum absolute atomic E-state index is 0.183. The molecule has 0 spiro atoms. The summed E-state index contributed by atoms with van der Waals surface area (Å²) in [6.45, 7) is 1.17. The van der Waals surface area contributed by atoms with E-state index in [1.165, 1.54) is 6.54 Å². The highest BCUT2D eigenvalue weighted by atomic mass is 16.1. The first-order chi connectivity index (χ1) is 4.33. The first kappa shape index (κ1) is 5.56. The molecule has 1 heterocycles. The van der Waals surface area contributed by atoms with Gasteiger partial charge in [-0.1, -0.05) is 0 Å². The molecule has 1 aliphatic heterocycles. The van der Waals surface area contributed by atoms with Crippen LogP contribution in [0.2, 0.25) is 0 Å². The highest BCUT2D eigenvalue weighted by Crippen LogP contribution is 1.87. The van der Waals surface area contributed by atoms with Crippen LogP contribution in [0.5, 0.6) is 0 Å². The zero-order chi connectivity index (χ0) is 6.69. The fourth-order valence-corrected chi connectivity index (χ4v) is 0.422. The van der Waals surface area contributed by atoms with Gasteiger partial charge in [-0.2, -0.15) is 10.3 Å². The Morgan fingerprint density at radius 2 is 2.67 bits per heavy atom. The summed E-state index contributed by atoms with van der Waals surface area (Å²) in [4.78, 5) is 13.6. The monoisotopic (exact) mass is 123 g/mol. The van der Waals surface area contributed by atoms with E-state index in [-0.39, 0.29) is 11.9 Å². The number of carbonyl (C=O) groups excluding carboxylic acids is 1. The third-order valence-corrected chi connectivity index (χ3v) is 0.729. The topological polar surface area (TPSA) is 77.3 Å². The molecule has 1 rings (SSSR count). The maximum atomic E-state index is 10.3. The summed E-state index contributed by atoms with van der Waals surface area (Å²) >= 11 is 0. The van der Waals surface area contributed by atoms with Crippen LogP contribution in [0.25, 0.3) is 0 Å². The molecule has 2 N–H and O–H groups in total. The quantitative estimate of drug-likeness (QED) is 0.310. The van der Waals surface area contributed by atoms with Crippen molar-refractivity contribution < 1.29 is 4.79 Å². The van der Waals surface area contributed by atoms with Gasteiger partial charge in [-0.3, -0.25) is 10.1 Å². The van der Waals surface area contributed by atoms with Gasteiger partial charge >= 0.3 is 0 Å². The Hall–Kier alpha value is -1.57. The molecule has 1 radical (unpaired) electrons. The van der Waals surface area contributed by atoms with Crippen molar-refractivity contribution in [2.24, 2.45) is 4.99 Å². The zero-order valence-electron chi connectivity index (χ0n) is 4.38. The lowest BCUT2D eigenvalue weighted by atomic mass is 10.7. The van der Waals surface area contributed by atoms with Crippen molar-refractivity contribution in [3.05, 3.63) is 6.54 Å². The SMILES string of the molecule is N#CNC1=NC(=O)[CH]N1. The summed E-state index contributed by atoms with van der Waals surface area (Å²) in [6, 6.07) is 0. The van der Waals surface area contributed by atoms with Gasteiger partial charge in [0.1, 0.15) is 6.54 Å². The van der Waals surface area contributed by atoms with Crippen LogP contribution in [0, 0.1) is 18.0 Å². The minimum atomic E-state index is -0.382. The number of rotatable bonds is 0. The van der Waals surface area contributed by atoms with E-state index in [1.54, 1.807) is 6.19 Å². The third kappa shape index (κ3) is 1.16. The molecule has 1 amide bonds. The van der Waals surface area contributed by atoms with Crippen LogP contribution in [0.4, 0.5) is 0 Å². The largest absolute Gasteiger partial charge is 0.341 e. The Morgan fingerprint density at radius 3 is 3.11 bits per heavy atom.